The van der Waals surface area contributed by atoms with E-state index < -0.39 is 0 Å². The quantitative estimate of drug-likeness (QED) is 0.712. The number of para-hydroxylation sites is 2. The molecule has 0 aliphatic heterocycles. The zero-order chi connectivity index (χ0) is 18.0. The number of amides is 1. The molecular weight excluding hydrogens is 317 g/mol. The Morgan fingerprint density at radius 2 is 1.80 bits per heavy atom. The van der Waals surface area contributed by atoms with Crippen LogP contribution in [0.5, 0.6) is 0 Å². The third-order valence-corrected chi connectivity index (χ3v) is 4.29. The highest BCUT2D eigenvalue weighted by Gasteiger charge is 2.23. The molecule has 0 saturated heterocycles. The van der Waals surface area contributed by atoms with Crippen LogP contribution in [0.2, 0.25) is 0 Å². The topological polar surface area (TPSA) is 38.1 Å². The van der Waals surface area contributed by atoms with Crippen LogP contribution in [0.3, 0.4) is 0 Å². The van der Waals surface area contributed by atoms with Crippen molar-refractivity contribution in [2.75, 3.05) is 11.4 Å². The minimum absolute atomic E-state index is 0.142. The van der Waals surface area contributed by atoms with E-state index in [9.17, 15) is 9.18 Å². The fraction of sp³-hybridized carbons (Fsp3) is 0.200. The fourth-order valence-electron chi connectivity index (χ4n) is 2.92. The van der Waals surface area contributed by atoms with Gasteiger partial charge in [-0.25, -0.2) is 9.07 Å². The predicted octanol–water partition coefficient (Wildman–Crippen LogP) is 4.29. The average molecular weight is 337 g/mol. The highest BCUT2D eigenvalue weighted by atomic mass is 19.1. The van der Waals surface area contributed by atoms with Gasteiger partial charge in [-0.3, -0.25) is 4.79 Å². The molecule has 0 atom stereocenters. The van der Waals surface area contributed by atoms with Crippen LogP contribution in [-0.2, 0) is 0 Å². The van der Waals surface area contributed by atoms with Gasteiger partial charge in [0.05, 0.1) is 17.5 Å². The number of aryl methyl sites for hydroxylation is 1. The lowest BCUT2D eigenvalue weighted by Crippen LogP contribution is -2.31. The van der Waals surface area contributed by atoms with Crippen molar-refractivity contribution in [1.29, 1.82) is 0 Å². The Labute approximate surface area is 146 Å². The number of carbonyl (C=O) groups is 1. The number of benzene rings is 2. The number of halogens is 1. The maximum absolute atomic E-state index is 14.1. The number of hydrogen-bond donors (Lipinski definition) is 0. The van der Waals surface area contributed by atoms with E-state index in [1.165, 1.54) is 16.9 Å². The summed E-state index contributed by atoms with van der Waals surface area (Å²) in [5.41, 5.74) is 3.30. The second-order valence-electron chi connectivity index (χ2n) is 5.84. The van der Waals surface area contributed by atoms with E-state index in [0.717, 1.165) is 11.3 Å². The second kappa shape index (κ2) is 6.89. The van der Waals surface area contributed by atoms with Crippen LogP contribution in [0.4, 0.5) is 10.1 Å². The van der Waals surface area contributed by atoms with Gasteiger partial charge in [0.25, 0.3) is 5.91 Å². The summed E-state index contributed by atoms with van der Waals surface area (Å²) in [6, 6.07) is 14.1. The van der Waals surface area contributed by atoms with Crippen molar-refractivity contribution in [1.82, 2.24) is 9.78 Å². The lowest BCUT2D eigenvalue weighted by atomic mass is 10.1. The number of aromatic nitrogens is 2. The van der Waals surface area contributed by atoms with E-state index in [0.29, 0.717) is 23.5 Å². The fourth-order valence-corrected chi connectivity index (χ4v) is 2.92. The summed E-state index contributed by atoms with van der Waals surface area (Å²) in [5, 5.41) is 4.23. The Bertz CT molecular complexity index is 917. The van der Waals surface area contributed by atoms with Crippen molar-refractivity contribution in [2.24, 2.45) is 0 Å². The molecule has 0 radical (unpaired) electrons. The second-order valence-corrected chi connectivity index (χ2v) is 5.84. The highest BCUT2D eigenvalue weighted by Crippen LogP contribution is 2.24. The molecule has 1 heterocycles. The van der Waals surface area contributed by atoms with E-state index in [1.807, 2.05) is 38.1 Å². The molecule has 25 heavy (non-hydrogen) atoms. The molecule has 0 unspecified atom stereocenters. The van der Waals surface area contributed by atoms with Gasteiger partial charge >= 0.3 is 0 Å². The van der Waals surface area contributed by atoms with E-state index in [-0.39, 0.29) is 11.7 Å². The molecule has 0 spiro atoms. The summed E-state index contributed by atoms with van der Waals surface area (Å²) < 4.78 is 15.5. The van der Waals surface area contributed by atoms with Crippen LogP contribution in [0, 0.1) is 19.7 Å². The van der Waals surface area contributed by atoms with Gasteiger partial charge in [-0.1, -0.05) is 30.3 Å². The van der Waals surface area contributed by atoms with Gasteiger partial charge in [-0.2, -0.15) is 5.10 Å². The smallest absolute Gasteiger partial charge is 0.261 e. The van der Waals surface area contributed by atoms with E-state index in [2.05, 4.69) is 5.10 Å². The first-order valence-electron chi connectivity index (χ1n) is 8.21. The number of nitrogens with zero attached hydrogens (tertiary/aromatic N) is 3. The van der Waals surface area contributed by atoms with Gasteiger partial charge < -0.3 is 4.90 Å². The Balaban J connectivity index is 2.01. The van der Waals surface area contributed by atoms with Crippen LogP contribution in [-0.4, -0.2) is 22.2 Å². The van der Waals surface area contributed by atoms with Crippen molar-refractivity contribution in [2.45, 2.75) is 20.8 Å². The summed E-state index contributed by atoms with van der Waals surface area (Å²) in [7, 11) is 0. The molecule has 0 saturated carbocycles. The molecule has 3 aromatic rings. The Morgan fingerprint density at radius 3 is 2.48 bits per heavy atom. The summed E-state index contributed by atoms with van der Waals surface area (Å²) in [4.78, 5) is 14.8. The van der Waals surface area contributed by atoms with Gasteiger partial charge in [-0.05, 0) is 44.5 Å². The van der Waals surface area contributed by atoms with Crippen LogP contribution in [0.1, 0.15) is 28.5 Å². The normalized spacial score (nSPS) is 10.7. The zero-order valence-electron chi connectivity index (χ0n) is 14.5. The predicted molar refractivity (Wildman–Crippen MR) is 96.8 cm³/mol. The van der Waals surface area contributed by atoms with Crippen LogP contribution >= 0.6 is 0 Å². The van der Waals surface area contributed by atoms with E-state index >= 15 is 0 Å². The maximum Gasteiger partial charge on any atom is 0.261 e. The number of anilines is 1. The van der Waals surface area contributed by atoms with Crippen molar-refractivity contribution in [3.05, 3.63) is 77.4 Å². The molecule has 3 rings (SSSR count). The number of carbonyl (C=O) groups excluding carboxylic acids is 1. The Hall–Kier alpha value is -2.95. The molecule has 0 aliphatic rings. The lowest BCUT2D eigenvalue weighted by Gasteiger charge is -2.22. The molecule has 1 aromatic heterocycles. The summed E-state index contributed by atoms with van der Waals surface area (Å²) in [5.74, 6) is -0.518. The standard InChI is InChI=1S/C20H20FN3O/c1-4-23(18-11-7-5-9-14(18)2)20(25)16-13-22-24(15(16)3)19-12-8-6-10-17(19)21/h5-13H,4H2,1-3H3. The largest absolute Gasteiger partial charge is 0.308 e. The number of hydrogen-bond acceptors (Lipinski definition) is 2. The summed E-state index contributed by atoms with van der Waals surface area (Å²) in [6.07, 6.45) is 1.50. The van der Waals surface area contributed by atoms with Gasteiger partial charge in [0.15, 0.2) is 0 Å². The monoisotopic (exact) mass is 337 g/mol. The van der Waals surface area contributed by atoms with Crippen molar-refractivity contribution in [3.8, 4) is 5.69 Å². The molecule has 128 valence electrons. The molecule has 0 aliphatic carbocycles. The molecule has 0 N–H and O–H groups in total. The SMILES string of the molecule is CCN(C(=O)c1cnn(-c2ccccc2F)c1C)c1ccccc1C. The van der Waals surface area contributed by atoms with Gasteiger partial charge in [0.1, 0.15) is 11.5 Å². The third-order valence-electron chi connectivity index (χ3n) is 4.29. The van der Waals surface area contributed by atoms with E-state index in [4.69, 9.17) is 0 Å². The summed E-state index contributed by atoms with van der Waals surface area (Å²) in [6.45, 7) is 6.22. The van der Waals surface area contributed by atoms with Crippen molar-refractivity contribution < 1.29 is 9.18 Å². The summed E-state index contributed by atoms with van der Waals surface area (Å²) >= 11 is 0. The third kappa shape index (κ3) is 3.05. The van der Waals surface area contributed by atoms with Crippen LogP contribution < -0.4 is 4.90 Å². The van der Waals surface area contributed by atoms with Crippen molar-refractivity contribution in [3.63, 3.8) is 0 Å². The Morgan fingerprint density at radius 1 is 1.12 bits per heavy atom. The van der Waals surface area contributed by atoms with Gasteiger partial charge in [0.2, 0.25) is 0 Å². The van der Waals surface area contributed by atoms with Crippen molar-refractivity contribution >= 4 is 11.6 Å². The molecule has 4 nitrogen and oxygen atoms in total. The maximum atomic E-state index is 14.1. The minimum atomic E-state index is -0.376. The molecule has 2 aromatic carbocycles. The number of rotatable bonds is 4. The van der Waals surface area contributed by atoms with Crippen LogP contribution in [0.25, 0.3) is 5.69 Å². The zero-order valence-corrected chi connectivity index (χ0v) is 14.5. The molecule has 0 fully saturated rings. The molecule has 5 heteroatoms. The average Bonchev–Trinajstić information content (AvgIpc) is 2.99. The first-order chi connectivity index (χ1) is 12.0. The van der Waals surface area contributed by atoms with Gasteiger partial charge in [0, 0.05) is 12.2 Å². The van der Waals surface area contributed by atoms with E-state index in [1.54, 1.807) is 30.0 Å². The molecule has 0 bridgehead atoms. The molecular formula is C20H20FN3O. The highest BCUT2D eigenvalue weighted by molar-refractivity contribution is 6.07. The Kier molecular flexibility index (Phi) is 4.65. The molecule has 1 amide bonds. The lowest BCUT2D eigenvalue weighted by molar-refractivity contribution is 0.0987. The minimum Gasteiger partial charge on any atom is -0.308 e. The van der Waals surface area contributed by atoms with Crippen LogP contribution in [0.15, 0.2) is 54.7 Å². The van der Waals surface area contributed by atoms with Gasteiger partial charge in [-0.15, -0.1) is 0 Å². The first kappa shape index (κ1) is 16.9. The first-order valence-corrected chi connectivity index (χ1v) is 8.21.